The number of benzene rings is 1. The van der Waals surface area contributed by atoms with Crippen molar-refractivity contribution in [3.8, 4) is 0 Å². The van der Waals surface area contributed by atoms with E-state index in [4.69, 9.17) is 5.11 Å². The van der Waals surface area contributed by atoms with Crippen molar-refractivity contribution in [3.63, 3.8) is 0 Å². The van der Waals surface area contributed by atoms with E-state index in [0.717, 1.165) is 24.9 Å². The number of aliphatic hydroxyl groups is 1. The number of piperidine rings is 1. The number of amides is 2. The number of carbonyl (C=O) groups is 1. The lowest BCUT2D eigenvalue weighted by molar-refractivity contribution is 0.229. The molecule has 24 heavy (non-hydrogen) atoms. The highest BCUT2D eigenvalue weighted by Gasteiger charge is 2.23. The molecule has 6 heteroatoms. The molecule has 3 N–H and O–H groups in total. The summed E-state index contributed by atoms with van der Waals surface area (Å²) in [7, 11) is 0. The van der Waals surface area contributed by atoms with Crippen LogP contribution in [0.2, 0.25) is 0 Å². The zero-order valence-corrected chi connectivity index (χ0v) is 14.5. The number of nitrogens with one attached hydrogen (secondary N) is 2. The SMILES string of the molecule is Cc1ccc(F)c(N2CCC[C@@H](NC(=O)NC[C@H](C)CCO)C2)c1. The second kappa shape index (κ2) is 8.87. The van der Waals surface area contributed by atoms with Gasteiger partial charge in [-0.1, -0.05) is 13.0 Å². The molecular formula is C18H28FN3O2. The molecule has 1 aromatic carbocycles. The Hall–Kier alpha value is -1.82. The van der Waals surface area contributed by atoms with Crippen LogP contribution < -0.4 is 15.5 Å². The molecule has 1 aliphatic heterocycles. The summed E-state index contributed by atoms with van der Waals surface area (Å²) < 4.78 is 14.1. The monoisotopic (exact) mass is 337 g/mol. The zero-order valence-electron chi connectivity index (χ0n) is 14.5. The maximum absolute atomic E-state index is 14.1. The van der Waals surface area contributed by atoms with E-state index in [9.17, 15) is 9.18 Å². The molecule has 0 unspecified atom stereocenters. The van der Waals surface area contributed by atoms with Crippen LogP contribution in [0.4, 0.5) is 14.9 Å². The molecule has 1 heterocycles. The average Bonchev–Trinajstić information content (AvgIpc) is 2.56. The van der Waals surface area contributed by atoms with Crippen molar-refractivity contribution in [2.75, 3.05) is 31.1 Å². The molecule has 134 valence electrons. The Morgan fingerprint density at radius 3 is 3.04 bits per heavy atom. The Bertz CT molecular complexity index is 553. The molecule has 2 atom stereocenters. The Morgan fingerprint density at radius 1 is 1.50 bits per heavy atom. The van der Waals surface area contributed by atoms with Crippen molar-refractivity contribution in [1.82, 2.24) is 10.6 Å². The molecule has 5 nitrogen and oxygen atoms in total. The highest BCUT2D eigenvalue weighted by Crippen LogP contribution is 2.24. The molecule has 0 aliphatic carbocycles. The standard InChI is InChI=1S/C18H28FN3O2/c1-13-5-6-16(19)17(10-13)22-8-3-4-15(12-22)21-18(24)20-11-14(2)7-9-23/h5-6,10,14-15,23H,3-4,7-9,11-12H2,1-2H3,(H2,20,21,24)/t14-,15-/m1/s1. The Balaban J connectivity index is 1.86. The number of aryl methyl sites for hydroxylation is 1. The number of halogens is 1. The van der Waals surface area contributed by atoms with Crippen molar-refractivity contribution in [2.24, 2.45) is 5.92 Å². The van der Waals surface area contributed by atoms with Gasteiger partial charge in [-0.15, -0.1) is 0 Å². The highest BCUT2D eigenvalue weighted by atomic mass is 19.1. The van der Waals surface area contributed by atoms with Crippen LogP contribution >= 0.6 is 0 Å². The van der Waals surface area contributed by atoms with Gasteiger partial charge in [-0.3, -0.25) is 0 Å². The van der Waals surface area contributed by atoms with E-state index < -0.39 is 0 Å². The molecule has 1 saturated heterocycles. The molecule has 1 aliphatic rings. The summed E-state index contributed by atoms with van der Waals surface area (Å²) in [5.74, 6) is 0.0218. The fourth-order valence-electron chi connectivity index (χ4n) is 3.00. The minimum Gasteiger partial charge on any atom is -0.396 e. The number of anilines is 1. The molecule has 0 saturated carbocycles. The third kappa shape index (κ3) is 5.37. The number of rotatable bonds is 6. The van der Waals surface area contributed by atoms with Gasteiger partial charge in [-0.25, -0.2) is 9.18 Å². The summed E-state index contributed by atoms with van der Waals surface area (Å²) in [6, 6.07) is 4.92. The predicted octanol–water partition coefficient (Wildman–Crippen LogP) is 2.42. The van der Waals surface area contributed by atoms with Crippen molar-refractivity contribution in [1.29, 1.82) is 0 Å². The molecule has 0 spiro atoms. The maximum Gasteiger partial charge on any atom is 0.315 e. The van der Waals surface area contributed by atoms with Crippen LogP contribution in [0.1, 0.15) is 31.7 Å². The summed E-state index contributed by atoms with van der Waals surface area (Å²) >= 11 is 0. The fourth-order valence-corrected chi connectivity index (χ4v) is 3.00. The normalized spacial score (nSPS) is 19.0. The van der Waals surface area contributed by atoms with E-state index in [1.807, 2.05) is 24.8 Å². The predicted molar refractivity (Wildman–Crippen MR) is 93.8 cm³/mol. The number of hydrogen-bond acceptors (Lipinski definition) is 3. The van der Waals surface area contributed by atoms with Crippen LogP contribution in [0.5, 0.6) is 0 Å². The topological polar surface area (TPSA) is 64.6 Å². The minimum atomic E-state index is -0.219. The highest BCUT2D eigenvalue weighted by molar-refractivity contribution is 5.74. The van der Waals surface area contributed by atoms with Gasteiger partial charge in [0.25, 0.3) is 0 Å². The summed E-state index contributed by atoms with van der Waals surface area (Å²) in [4.78, 5) is 14.0. The maximum atomic E-state index is 14.1. The van der Waals surface area contributed by atoms with Gasteiger partial charge in [-0.05, 0) is 49.8 Å². The lowest BCUT2D eigenvalue weighted by Gasteiger charge is -2.35. The molecule has 0 radical (unpaired) electrons. The quantitative estimate of drug-likeness (QED) is 0.747. The van der Waals surface area contributed by atoms with Crippen LogP contribution in [0.3, 0.4) is 0 Å². The number of urea groups is 1. The molecule has 1 aromatic rings. The summed E-state index contributed by atoms with van der Waals surface area (Å²) in [6.07, 6.45) is 2.48. The van der Waals surface area contributed by atoms with E-state index >= 15 is 0 Å². The third-order valence-corrected chi connectivity index (χ3v) is 4.43. The number of aliphatic hydroxyl groups excluding tert-OH is 1. The lowest BCUT2D eigenvalue weighted by atomic mass is 10.0. The fraction of sp³-hybridized carbons (Fsp3) is 0.611. The number of carbonyl (C=O) groups excluding carboxylic acids is 1. The van der Waals surface area contributed by atoms with Crippen molar-refractivity contribution < 1.29 is 14.3 Å². The van der Waals surface area contributed by atoms with Gasteiger partial charge in [-0.2, -0.15) is 0 Å². The average molecular weight is 337 g/mol. The van der Waals surface area contributed by atoms with Crippen LogP contribution in [-0.2, 0) is 0 Å². The van der Waals surface area contributed by atoms with Crippen molar-refractivity contribution in [2.45, 2.75) is 39.2 Å². The molecule has 0 bridgehead atoms. The molecule has 0 aromatic heterocycles. The zero-order chi connectivity index (χ0) is 17.5. The molecule has 2 amide bonds. The first kappa shape index (κ1) is 18.5. The van der Waals surface area contributed by atoms with Crippen molar-refractivity contribution >= 4 is 11.7 Å². The van der Waals surface area contributed by atoms with E-state index in [1.54, 1.807) is 6.07 Å². The van der Waals surface area contributed by atoms with Gasteiger partial charge in [0, 0.05) is 32.3 Å². The lowest BCUT2D eigenvalue weighted by Crippen LogP contribution is -2.51. The molecule has 2 rings (SSSR count). The number of nitrogens with zero attached hydrogens (tertiary/aromatic N) is 1. The summed E-state index contributed by atoms with van der Waals surface area (Å²) in [5.41, 5.74) is 1.63. The first-order valence-corrected chi connectivity index (χ1v) is 8.66. The largest absolute Gasteiger partial charge is 0.396 e. The second-order valence-corrected chi connectivity index (χ2v) is 6.71. The summed E-state index contributed by atoms with van der Waals surface area (Å²) in [6.45, 7) is 6.01. The first-order valence-electron chi connectivity index (χ1n) is 8.66. The third-order valence-electron chi connectivity index (χ3n) is 4.43. The van der Waals surface area contributed by atoms with Gasteiger partial charge in [0.05, 0.1) is 5.69 Å². The van der Waals surface area contributed by atoms with E-state index in [2.05, 4.69) is 10.6 Å². The van der Waals surface area contributed by atoms with E-state index in [-0.39, 0.29) is 30.4 Å². The Labute approximate surface area is 143 Å². The Kier molecular flexibility index (Phi) is 6.85. The van der Waals surface area contributed by atoms with Gasteiger partial charge >= 0.3 is 6.03 Å². The van der Waals surface area contributed by atoms with E-state index in [0.29, 0.717) is 25.2 Å². The van der Waals surface area contributed by atoms with Crippen LogP contribution in [0.25, 0.3) is 0 Å². The first-order chi connectivity index (χ1) is 11.5. The van der Waals surface area contributed by atoms with Crippen LogP contribution in [0.15, 0.2) is 18.2 Å². The van der Waals surface area contributed by atoms with Crippen molar-refractivity contribution in [3.05, 3.63) is 29.6 Å². The van der Waals surface area contributed by atoms with Gasteiger partial charge in [0.2, 0.25) is 0 Å². The summed E-state index contributed by atoms with van der Waals surface area (Å²) in [5, 5.41) is 14.7. The minimum absolute atomic E-state index is 0.00631. The Morgan fingerprint density at radius 2 is 2.29 bits per heavy atom. The second-order valence-electron chi connectivity index (χ2n) is 6.71. The van der Waals surface area contributed by atoms with E-state index in [1.165, 1.54) is 6.07 Å². The van der Waals surface area contributed by atoms with Crippen LogP contribution in [-0.4, -0.2) is 43.4 Å². The van der Waals surface area contributed by atoms with Gasteiger partial charge in [0.15, 0.2) is 0 Å². The molecular weight excluding hydrogens is 309 g/mol. The van der Waals surface area contributed by atoms with Crippen LogP contribution in [0, 0.1) is 18.7 Å². The van der Waals surface area contributed by atoms with Gasteiger partial charge in [0.1, 0.15) is 5.82 Å². The molecule has 1 fully saturated rings. The van der Waals surface area contributed by atoms with Gasteiger partial charge < -0.3 is 20.6 Å². The number of hydrogen-bond donors (Lipinski definition) is 3. The smallest absolute Gasteiger partial charge is 0.315 e.